The quantitative estimate of drug-likeness (QED) is 0.410. The number of hydrogen-bond donors (Lipinski definition) is 3. The van der Waals surface area contributed by atoms with Gasteiger partial charge >= 0.3 is 12.2 Å². The van der Waals surface area contributed by atoms with Crippen molar-refractivity contribution in [3.8, 4) is 0 Å². The van der Waals surface area contributed by atoms with Gasteiger partial charge in [-0.05, 0) is 49.7 Å². The minimum Gasteiger partial charge on any atom is -0.453 e. The lowest BCUT2D eigenvalue weighted by Gasteiger charge is -2.05. The number of nitrogens with two attached hydrogens (primary N) is 1. The fourth-order valence-electron chi connectivity index (χ4n) is 2.03. The Morgan fingerprint density at radius 1 is 0.929 bits per heavy atom. The predicted octanol–water partition coefficient (Wildman–Crippen LogP) is 3.84. The molecule has 2 aromatic rings. The predicted molar refractivity (Wildman–Crippen MR) is 105 cm³/mol. The number of rotatable bonds is 3. The van der Waals surface area contributed by atoms with Gasteiger partial charge in [0.2, 0.25) is 0 Å². The molecule has 0 saturated heterocycles. The highest BCUT2D eigenvalue weighted by molar-refractivity contribution is 5.85. The second-order valence-electron chi connectivity index (χ2n) is 5.56. The number of nitrogens with one attached hydrogen (secondary N) is 2. The fraction of sp³-hybridized carbons (Fsp3) is 0.222. The van der Waals surface area contributed by atoms with Crippen molar-refractivity contribution in [3.05, 3.63) is 57.6 Å². The summed E-state index contributed by atoms with van der Waals surface area (Å²) in [7, 11) is 2.56. The second kappa shape index (κ2) is 10.4. The van der Waals surface area contributed by atoms with E-state index in [0.29, 0.717) is 22.6 Å². The van der Waals surface area contributed by atoms with Crippen LogP contribution in [0, 0.1) is 24.0 Å². The number of anilines is 3. The lowest BCUT2D eigenvalue weighted by molar-refractivity contribution is -0.385. The monoisotopic (exact) mass is 390 g/mol. The number of aryl methyl sites for hydroxylation is 2. The molecule has 28 heavy (non-hydrogen) atoms. The highest BCUT2D eigenvalue weighted by Crippen LogP contribution is 2.21. The average molecular weight is 390 g/mol. The molecule has 0 heterocycles. The first-order valence-electron chi connectivity index (χ1n) is 7.99. The van der Waals surface area contributed by atoms with Gasteiger partial charge < -0.3 is 15.2 Å². The number of nitro groups is 1. The maximum Gasteiger partial charge on any atom is 0.411 e. The van der Waals surface area contributed by atoms with E-state index in [2.05, 4.69) is 20.1 Å². The van der Waals surface area contributed by atoms with E-state index >= 15 is 0 Å². The fourth-order valence-corrected chi connectivity index (χ4v) is 2.03. The molecule has 10 heteroatoms. The molecule has 0 radical (unpaired) electrons. The van der Waals surface area contributed by atoms with Crippen LogP contribution in [0.5, 0.6) is 0 Å². The van der Waals surface area contributed by atoms with Gasteiger partial charge in [-0.25, -0.2) is 9.59 Å². The van der Waals surface area contributed by atoms with Crippen LogP contribution in [-0.2, 0) is 9.47 Å². The Labute approximate surface area is 161 Å². The van der Waals surface area contributed by atoms with E-state index in [9.17, 15) is 19.7 Å². The third-order valence-corrected chi connectivity index (χ3v) is 3.53. The van der Waals surface area contributed by atoms with Crippen LogP contribution in [-0.4, -0.2) is 31.3 Å². The van der Waals surface area contributed by atoms with Gasteiger partial charge in [0.05, 0.1) is 19.1 Å². The van der Waals surface area contributed by atoms with Crippen LogP contribution in [0.2, 0.25) is 0 Å². The number of nitro benzene ring substituents is 1. The Hall–Kier alpha value is -3.82. The van der Waals surface area contributed by atoms with E-state index in [-0.39, 0.29) is 5.69 Å². The van der Waals surface area contributed by atoms with Gasteiger partial charge in [0.1, 0.15) is 0 Å². The molecule has 0 aliphatic heterocycles. The van der Waals surface area contributed by atoms with Crippen LogP contribution in [0.3, 0.4) is 0 Å². The van der Waals surface area contributed by atoms with Crippen molar-refractivity contribution in [1.29, 1.82) is 0 Å². The number of carbonyl (C=O) groups is 2. The summed E-state index contributed by atoms with van der Waals surface area (Å²) in [5, 5.41) is 15.5. The Bertz CT molecular complexity index is 869. The number of amides is 2. The topological polar surface area (TPSA) is 146 Å². The molecule has 0 spiro atoms. The molecule has 0 atom stereocenters. The van der Waals surface area contributed by atoms with Crippen LogP contribution in [0.4, 0.5) is 32.3 Å². The number of nitrogens with zero attached hydrogens (tertiary/aromatic N) is 1. The van der Waals surface area contributed by atoms with E-state index < -0.39 is 17.1 Å². The summed E-state index contributed by atoms with van der Waals surface area (Å²) in [4.78, 5) is 31.7. The third kappa shape index (κ3) is 6.83. The highest BCUT2D eigenvalue weighted by Gasteiger charge is 2.11. The van der Waals surface area contributed by atoms with Gasteiger partial charge in [-0.3, -0.25) is 20.7 Å². The molecule has 4 N–H and O–H groups in total. The first-order chi connectivity index (χ1) is 13.2. The number of carbonyl (C=O) groups excluding carboxylic acids is 2. The summed E-state index contributed by atoms with van der Waals surface area (Å²) in [6, 6.07) is 9.53. The van der Waals surface area contributed by atoms with Crippen molar-refractivity contribution in [2.24, 2.45) is 0 Å². The normalized spacial score (nSPS) is 9.43. The molecule has 2 rings (SSSR count). The van der Waals surface area contributed by atoms with E-state index in [1.165, 1.54) is 32.4 Å². The summed E-state index contributed by atoms with van der Waals surface area (Å²) in [6.45, 7) is 3.47. The minimum absolute atomic E-state index is 0.0189. The van der Waals surface area contributed by atoms with Gasteiger partial charge in [0.15, 0.2) is 0 Å². The number of ether oxygens (including phenoxy) is 2. The van der Waals surface area contributed by atoms with Crippen LogP contribution in [0.1, 0.15) is 11.1 Å². The molecule has 10 nitrogen and oxygen atoms in total. The van der Waals surface area contributed by atoms with Gasteiger partial charge in [0.25, 0.3) is 5.69 Å². The van der Waals surface area contributed by atoms with Gasteiger partial charge in [-0.2, -0.15) is 0 Å². The number of methoxy groups -OCH3 is 2. The molecule has 0 aliphatic carbocycles. The maximum atomic E-state index is 10.8. The number of benzene rings is 2. The number of hydrogen-bond acceptors (Lipinski definition) is 7. The summed E-state index contributed by atoms with van der Waals surface area (Å²) < 4.78 is 8.83. The zero-order valence-corrected chi connectivity index (χ0v) is 15.9. The van der Waals surface area contributed by atoms with Gasteiger partial charge in [0, 0.05) is 28.7 Å². The lowest BCUT2D eigenvalue weighted by atomic mass is 10.2. The zero-order chi connectivity index (χ0) is 21.3. The molecular formula is C18H22N4O6. The van der Waals surface area contributed by atoms with E-state index in [1.807, 2.05) is 6.92 Å². The maximum absolute atomic E-state index is 10.8. The van der Waals surface area contributed by atoms with Crippen LogP contribution >= 0.6 is 0 Å². The first kappa shape index (κ1) is 22.2. The largest absolute Gasteiger partial charge is 0.453 e. The van der Waals surface area contributed by atoms with E-state index in [0.717, 1.165) is 5.56 Å². The van der Waals surface area contributed by atoms with Gasteiger partial charge in [-0.15, -0.1) is 0 Å². The van der Waals surface area contributed by atoms with E-state index in [4.69, 9.17) is 5.73 Å². The Kier molecular flexibility index (Phi) is 8.22. The molecule has 2 aromatic carbocycles. The summed E-state index contributed by atoms with van der Waals surface area (Å²) in [6.07, 6.45) is -1.09. The van der Waals surface area contributed by atoms with Crippen molar-refractivity contribution in [2.75, 3.05) is 30.6 Å². The SMILES string of the molecule is COC(=O)Nc1ccc(N)c(C)c1.COC(=O)Nc1ccc([N+](=O)[O-])c(C)c1. The van der Waals surface area contributed by atoms with Gasteiger partial charge in [-0.1, -0.05) is 0 Å². The molecule has 2 amide bonds. The molecule has 0 aliphatic rings. The highest BCUT2D eigenvalue weighted by atomic mass is 16.6. The van der Waals surface area contributed by atoms with Crippen molar-refractivity contribution < 1.29 is 24.0 Å². The molecule has 150 valence electrons. The Morgan fingerprint density at radius 2 is 1.39 bits per heavy atom. The average Bonchev–Trinajstić information content (AvgIpc) is 2.64. The lowest BCUT2D eigenvalue weighted by Crippen LogP contribution is -2.11. The molecule has 0 saturated carbocycles. The van der Waals surface area contributed by atoms with Crippen molar-refractivity contribution >= 4 is 34.9 Å². The smallest absolute Gasteiger partial charge is 0.411 e. The molecular weight excluding hydrogens is 368 g/mol. The zero-order valence-electron chi connectivity index (χ0n) is 15.9. The molecule has 0 fully saturated rings. The first-order valence-corrected chi connectivity index (χ1v) is 7.99. The van der Waals surface area contributed by atoms with Crippen molar-refractivity contribution in [1.82, 2.24) is 0 Å². The summed E-state index contributed by atoms with van der Waals surface area (Å²) in [5.41, 5.74) is 8.88. The van der Waals surface area contributed by atoms with Crippen LogP contribution < -0.4 is 16.4 Å². The van der Waals surface area contributed by atoms with Crippen molar-refractivity contribution in [3.63, 3.8) is 0 Å². The summed E-state index contributed by atoms with van der Waals surface area (Å²) >= 11 is 0. The molecule has 0 unspecified atom stereocenters. The third-order valence-electron chi connectivity index (χ3n) is 3.53. The number of nitrogen functional groups attached to an aromatic ring is 1. The molecule has 0 bridgehead atoms. The van der Waals surface area contributed by atoms with Crippen LogP contribution in [0.25, 0.3) is 0 Å². The Balaban J connectivity index is 0.000000283. The van der Waals surface area contributed by atoms with Crippen LogP contribution in [0.15, 0.2) is 36.4 Å². The van der Waals surface area contributed by atoms with E-state index in [1.54, 1.807) is 25.1 Å². The second-order valence-corrected chi connectivity index (χ2v) is 5.56. The van der Waals surface area contributed by atoms with Crippen molar-refractivity contribution in [2.45, 2.75) is 13.8 Å². The summed E-state index contributed by atoms with van der Waals surface area (Å²) in [5.74, 6) is 0. The standard InChI is InChI=1S/C9H10N2O4.C9H12N2O2/c1-6-5-7(10-9(12)15-2)3-4-8(6)11(13)14;1-6-5-7(3-4-8(6)10)11-9(12)13-2/h3-5H,1-2H3,(H,10,12);3-5H,10H2,1-2H3,(H,11,12). The minimum atomic E-state index is -0.608. The molecule has 0 aromatic heterocycles. The Morgan fingerprint density at radius 3 is 1.79 bits per heavy atom.